The molecular formula is C40H27NS. The van der Waals surface area contributed by atoms with Gasteiger partial charge in [-0.2, -0.15) is 5.26 Å². The molecule has 7 aromatic rings. The van der Waals surface area contributed by atoms with Gasteiger partial charge < -0.3 is 0 Å². The fourth-order valence-corrected chi connectivity index (χ4v) is 8.04. The molecule has 0 spiro atoms. The Kier molecular flexibility index (Phi) is 5.48. The zero-order valence-electron chi connectivity index (χ0n) is 23.5. The standard InChI is InChI=1S/C40H27NS/c1-40(2)35-22-28(20-21-34(35)39-36(40)23-29(24-41)42-39)38-32-14-8-6-12-30(32)37(31-13-7-9-15-33(31)38)27-18-16-26(17-19-27)25-10-4-3-5-11-25/h3-23H,1-2H3. The summed E-state index contributed by atoms with van der Waals surface area (Å²) in [5.74, 6) is 0. The lowest BCUT2D eigenvalue weighted by atomic mass is 9.80. The molecule has 6 aromatic carbocycles. The molecule has 1 heterocycles. The fraction of sp³-hybridized carbons (Fsp3) is 0.0750. The van der Waals surface area contributed by atoms with Crippen LogP contribution in [0, 0.1) is 11.3 Å². The van der Waals surface area contributed by atoms with E-state index in [1.165, 1.54) is 76.5 Å². The van der Waals surface area contributed by atoms with Gasteiger partial charge in [-0.3, -0.25) is 0 Å². The fourth-order valence-electron chi connectivity index (χ4n) is 6.88. The number of nitrogens with zero attached hydrogens (tertiary/aromatic N) is 1. The van der Waals surface area contributed by atoms with Crippen LogP contribution in [-0.4, -0.2) is 0 Å². The SMILES string of the molecule is CC1(C)c2cc(-c3c4ccccc4c(-c4ccc(-c5ccccc5)cc4)c4ccccc34)ccc2-c2sc(C#N)cc21. The van der Waals surface area contributed by atoms with Crippen molar-refractivity contribution in [2.75, 3.05) is 0 Å². The van der Waals surface area contributed by atoms with Crippen molar-refractivity contribution in [1.29, 1.82) is 5.26 Å². The van der Waals surface area contributed by atoms with Crippen molar-refractivity contribution in [2.45, 2.75) is 19.3 Å². The van der Waals surface area contributed by atoms with Gasteiger partial charge in [-0.15, -0.1) is 11.3 Å². The van der Waals surface area contributed by atoms with E-state index in [9.17, 15) is 5.26 Å². The second-order valence-electron chi connectivity index (χ2n) is 11.6. The van der Waals surface area contributed by atoms with Crippen LogP contribution in [0.3, 0.4) is 0 Å². The van der Waals surface area contributed by atoms with Crippen LogP contribution < -0.4 is 0 Å². The average molecular weight is 554 g/mol. The van der Waals surface area contributed by atoms with E-state index >= 15 is 0 Å². The third-order valence-electron chi connectivity index (χ3n) is 8.95. The monoisotopic (exact) mass is 553 g/mol. The van der Waals surface area contributed by atoms with E-state index in [0.29, 0.717) is 0 Å². The lowest BCUT2D eigenvalue weighted by Crippen LogP contribution is -2.14. The molecule has 0 saturated heterocycles. The van der Waals surface area contributed by atoms with E-state index in [1.54, 1.807) is 11.3 Å². The van der Waals surface area contributed by atoms with Gasteiger partial charge in [0.15, 0.2) is 0 Å². The summed E-state index contributed by atoms with van der Waals surface area (Å²) in [6.07, 6.45) is 0. The quantitative estimate of drug-likeness (QED) is 0.200. The summed E-state index contributed by atoms with van der Waals surface area (Å²) >= 11 is 1.61. The third-order valence-corrected chi connectivity index (χ3v) is 10.0. The Balaban J connectivity index is 1.35. The van der Waals surface area contributed by atoms with E-state index in [0.717, 1.165) is 4.88 Å². The summed E-state index contributed by atoms with van der Waals surface area (Å²) in [7, 11) is 0. The zero-order valence-corrected chi connectivity index (χ0v) is 24.3. The molecule has 0 radical (unpaired) electrons. The van der Waals surface area contributed by atoms with Crippen molar-refractivity contribution in [3.63, 3.8) is 0 Å². The number of nitriles is 1. The minimum Gasteiger partial charge on any atom is -0.192 e. The molecule has 0 unspecified atom stereocenters. The highest BCUT2D eigenvalue weighted by molar-refractivity contribution is 7.16. The van der Waals surface area contributed by atoms with Crippen LogP contribution in [0.15, 0.2) is 127 Å². The molecule has 0 aliphatic heterocycles. The van der Waals surface area contributed by atoms with Crippen LogP contribution in [0.5, 0.6) is 0 Å². The summed E-state index contributed by atoms with van der Waals surface area (Å²) in [6, 6.07) is 48.6. The van der Waals surface area contributed by atoms with Crippen LogP contribution in [0.25, 0.3) is 65.4 Å². The van der Waals surface area contributed by atoms with Crippen LogP contribution >= 0.6 is 11.3 Å². The number of rotatable bonds is 3. The van der Waals surface area contributed by atoms with E-state index < -0.39 is 0 Å². The summed E-state index contributed by atoms with van der Waals surface area (Å²) in [4.78, 5) is 2.02. The maximum absolute atomic E-state index is 9.54. The van der Waals surface area contributed by atoms with Crippen molar-refractivity contribution in [2.24, 2.45) is 0 Å². The van der Waals surface area contributed by atoms with Gasteiger partial charge in [0, 0.05) is 10.3 Å². The van der Waals surface area contributed by atoms with Gasteiger partial charge in [-0.05, 0) is 83.7 Å². The molecule has 0 amide bonds. The van der Waals surface area contributed by atoms with E-state index in [2.05, 4.69) is 147 Å². The molecule has 0 fully saturated rings. The molecule has 0 atom stereocenters. The zero-order chi connectivity index (χ0) is 28.4. The Bertz CT molecular complexity index is 2150. The van der Waals surface area contributed by atoms with Crippen molar-refractivity contribution in [3.05, 3.63) is 143 Å². The summed E-state index contributed by atoms with van der Waals surface area (Å²) in [5, 5.41) is 14.6. The second-order valence-corrected chi connectivity index (χ2v) is 12.7. The Morgan fingerprint density at radius 3 is 1.62 bits per heavy atom. The minimum atomic E-state index is -0.154. The van der Waals surface area contributed by atoms with Crippen molar-refractivity contribution >= 4 is 32.9 Å². The number of benzene rings is 6. The first-order valence-electron chi connectivity index (χ1n) is 14.3. The van der Waals surface area contributed by atoms with Crippen molar-refractivity contribution in [3.8, 4) is 49.9 Å². The van der Waals surface area contributed by atoms with Crippen LogP contribution in [0.1, 0.15) is 29.9 Å². The Hall–Kier alpha value is -4.97. The predicted molar refractivity (Wildman–Crippen MR) is 178 cm³/mol. The largest absolute Gasteiger partial charge is 0.192 e. The highest BCUT2D eigenvalue weighted by atomic mass is 32.1. The van der Waals surface area contributed by atoms with E-state index in [4.69, 9.17) is 0 Å². The van der Waals surface area contributed by atoms with Gasteiger partial charge in [-0.1, -0.05) is 129 Å². The van der Waals surface area contributed by atoms with Gasteiger partial charge >= 0.3 is 0 Å². The lowest BCUT2D eigenvalue weighted by Gasteiger charge is -2.22. The minimum absolute atomic E-state index is 0.154. The molecule has 1 aliphatic carbocycles. The first-order valence-corrected chi connectivity index (χ1v) is 15.2. The average Bonchev–Trinajstić information content (AvgIpc) is 3.57. The molecule has 42 heavy (non-hydrogen) atoms. The first-order chi connectivity index (χ1) is 20.5. The Morgan fingerprint density at radius 1 is 0.524 bits per heavy atom. The van der Waals surface area contributed by atoms with Crippen molar-refractivity contribution in [1.82, 2.24) is 0 Å². The van der Waals surface area contributed by atoms with E-state index in [-0.39, 0.29) is 5.41 Å². The number of hydrogen-bond donors (Lipinski definition) is 0. The second kappa shape index (κ2) is 9.28. The summed E-state index contributed by atoms with van der Waals surface area (Å²) < 4.78 is 0. The molecule has 198 valence electrons. The van der Waals surface area contributed by atoms with Gasteiger partial charge in [-0.25, -0.2) is 0 Å². The van der Waals surface area contributed by atoms with Gasteiger partial charge in [0.2, 0.25) is 0 Å². The highest BCUT2D eigenvalue weighted by Crippen LogP contribution is 2.54. The predicted octanol–water partition coefficient (Wildman–Crippen LogP) is 11.2. The molecule has 8 rings (SSSR count). The smallest absolute Gasteiger partial charge is 0.110 e. The molecule has 1 aromatic heterocycles. The van der Waals surface area contributed by atoms with E-state index in [1.807, 2.05) is 0 Å². The maximum atomic E-state index is 9.54. The third kappa shape index (κ3) is 3.61. The molecule has 1 aliphatic rings. The van der Waals surface area contributed by atoms with Crippen LogP contribution in [0.4, 0.5) is 0 Å². The number of hydrogen-bond acceptors (Lipinski definition) is 2. The highest BCUT2D eigenvalue weighted by Gasteiger charge is 2.37. The maximum Gasteiger partial charge on any atom is 0.110 e. The van der Waals surface area contributed by atoms with Crippen LogP contribution in [0.2, 0.25) is 0 Å². The number of thiophene rings is 1. The van der Waals surface area contributed by atoms with Gasteiger partial charge in [0.05, 0.1) is 0 Å². The van der Waals surface area contributed by atoms with Crippen molar-refractivity contribution < 1.29 is 0 Å². The topological polar surface area (TPSA) is 23.8 Å². The van der Waals surface area contributed by atoms with Gasteiger partial charge in [0.1, 0.15) is 10.9 Å². The van der Waals surface area contributed by atoms with Gasteiger partial charge in [0.25, 0.3) is 0 Å². The molecule has 0 bridgehead atoms. The molecule has 1 nitrogen and oxygen atoms in total. The Morgan fingerprint density at radius 2 is 1.02 bits per heavy atom. The lowest BCUT2D eigenvalue weighted by molar-refractivity contribution is 0.662. The normalized spacial score (nSPS) is 13.2. The van der Waals surface area contributed by atoms with Crippen LogP contribution in [-0.2, 0) is 5.41 Å². The molecule has 0 N–H and O–H groups in total. The summed E-state index contributed by atoms with van der Waals surface area (Å²) in [6.45, 7) is 4.57. The first kappa shape index (κ1) is 24.8. The molecular weight excluding hydrogens is 527 g/mol. The Labute approximate surface area is 250 Å². The molecule has 0 saturated carbocycles. The summed E-state index contributed by atoms with van der Waals surface area (Å²) in [5.41, 5.74) is 11.2. The molecule has 2 heteroatoms. The number of fused-ring (bicyclic) bond motifs is 5.